The first-order valence-electron chi connectivity index (χ1n) is 6.59. The van der Waals surface area contributed by atoms with E-state index in [9.17, 15) is 5.11 Å². The molecular formula is C16H15N3O. The van der Waals surface area contributed by atoms with E-state index in [1.165, 1.54) is 0 Å². The molecule has 0 fully saturated rings. The monoisotopic (exact) mass is 265 g/mol. The first-order chi connectivity index (χ1) is 9.69. The fraction of sp³-hybridized carbons (Fsp3) is 0.250. The van der Waals surface area contributed by atoms with Crippen molar-refractivity contribution in [1.82, 2.24) is 4.98 Å². The maximum absolute atomic E-state index is 10.2. The van der Waals surface area contributed by atoms with Gasteiger partial charge in [0.15, 0.2) is 0 Å². The van der Waals surface area contributed by atoms with Crippen LogP contribution in [0.3, 0.4) is 0 Å². The highest BCUT2D eigenvalue weighted by Gasteiger charge is 2.30. The maximum Gasteiger partial charge on any atom is 0.145 e. The second-order valence-corrected chi connectivity index (χ2v) is 5.07. The number of anilines is 1. The molecule has 3 rings (SSSR count). The smallest absolute Gasteiger partial charge is 0.145 e. The van der Waals surface area contributed by atoms with Crippen LogP contribution in [0.1, 0.15) is 28.4 Å². The number of nitriles is 1. The zero-order valence-electron chi connectivity index (χ0n) is 11.2. The van der Waals surface area contributed by atoms with Crippen molar-refractivity contribution in [2.45, 2.75) is 25.5 Å². The fourth-order valence-corrected chi connectivity index (χ4v) is 2.63. The lowest BCUT2D eigenvalue weighted by atomic mass is 10.1. The standard InChI is InChI=1S/C16H15N3O/c1-10-6-7-15(18-13(10)9-17)19-16-12-5-3-2-4-11(12)8-14(16)20/h2-7,14,16,20H,8H2,1H3,(H,18,19)/t14-,16+/m1/s1. The summed E-state index contributed by atoms with van der Waals surface area (Å²) in [5.74, 6) is 0.618. The minimum Gasteiger partial charge on any atom is -0.390 e. The van der Waals surface area contributed by atoms with Crippen molar-refractivity contribution in [3.63, 3.8) is 0 Å². The average Bonchev–Trinajstić information content (AvgIpc) is 2.77. The number of nitrogens with one attached hydrogen (secondary N) is 1. The normalized spacial score (nSPS) is 20.2. The molecule has 1 aromatic carbocycles. The number of pyridine rings is 1. The van der Waals surface area contributed by atoms with Crippen molar-refractivity contribution in [3.8, 4) is 6.07 Å². The zero-order chi connectivity index (χ0) is 14.1. The fourth-order valence-electron chi connectivity index (χ4n) is 2.63. The largest absolute Gasteiger partial charge is 0.390 e. The average molecular weight is 265 g/mol. The Morgan fingerprint density at radius 1 is 1.30 bits per heavy atom. The minimum atomic E-state index is -0.471. The van der Waals surface area contributed by atoms with Gasteiger partial charge in [-0.15, -0.1) is 0 Å². The van der Waals surface area contributed by atoms with Gasteiger partial charge in [0.1, 0.15) is 17.6 Å². The molecule has 0 spiro atoms. The number of fused-ring (bicyclic) bond motifs is 1. The summed E-state index contributed by atoms with van der Waals surface area (Å²) >= 11 is 0. The lowest BCUT2D eigenvalue weighted by molar-refractivity contribution is 0.165. The van der Waals surface area contributed by atoms with Crippen molar-refractivity contribution in [2.75, 3.05) is 5.32 Å². The third-order valence-electron chi connectivity index (χ3n) is 3.71. The second-order valence-electron chi connectivity index (χ2n) is 5.07. The molecule has 0 saturated heterocycles. The zero-order valence-corrected chi connectivity index (χ0v) is 11.2. The van der Waals surface area contributed by atoms with Crippen LogP contribution in [0, 0.1) is 18.3 Å². The van der Waals surface area contributed by atoms with E-state index < -0.39 is 6.10 Å². The van der Waals surface area contributed by atoms with E-state index in [0.717, 1.165) is 16.7 Å². The molecule has 0 unspecified atom stereocenters. The maximum atomic E-state index is 10.2. The number of benzene rings is 1. The Morgan fingerprint density at radius 2 is 2.10 bits per heavy atom. The van der Waals surface area contributed by atoms with Gasteiger partial charge >= 0.3 is 0 Å². The van der Waals surface area contributed by atoms with Crippen LogP contribution >= 0.6 is 0 Å². The van der Waals surface area contributed by atoms with Crippen LogP contribution in [0.2, 0.25) is 0 Å². The van der Waals surface area contributed by atoms with Crippen LogP contribution in [0.15, 0.2) is 36.4 Å². The number of hydrogen-bond donors (Lipinski definition) is 2. The van der Waals surface area contributed by atoms with Gasteiger partial charge in [0, 0.05) is 6.42 Å². The molecule has 0 bridgehead atoms. The molecule has 1 aliphatic carbocycles. The van der Waals surface area contributed by atoms with Crippen molar-refractivity contribution < 1.29 is 5.11 Å². The van der Waals surface area contributed by atoms with Gasteiger partial charge in [-0.2, -0.15) is 5.26 Å². The summed E-state index contributed by atoms with van der Waals surface area (Å²) in [7, 11) is 0. The molecule has 4 heteroatoms. The van der Waals surface area contributed by atoms with Crippen LogP contribution in [0.5, 0.6) is 0 Å². The van der Waals surface area contributed by atoms with Gasteiger partial charge in [0.2, 0.25) is 0 Å². The van der Waals surface area contributed by atoms with E-state index in [2.05, 4.69) is 16.4 Å². The summed E-state index contributed by atoms with van der Waals surface area (Å²) in [4.78, 5) is 4.28. The summed E-state index contributed by atoms with van der Waals surface area (Å²) in [5.41, 5.74) is 3.52. The highest BCUT2D eigenvalue weighted by Crippen LogP contribution is 2.33. The van der Waals surface area contributed by atoms with Crippen LogP contribution in [0.25, 0.3) is 0 Å². The number of aliphatic hydroxyl groups excluding tert-OH is 1. The first-order valence-corrected chi connectivity index (χ1v) is 6.59. The predicted octanol–water partition coefficient (Wildman–Crippen LogP) is 2.33. The van der Waals surface area contributed by atoms with Gasteiger partial charge < -0.3 is 10.4 Å². The van der Waals surface area contributed by atoms with E-state index in [1.54, 1.807) is 0 Å². The van der Waals surface area contributed by atoms with E-state index in [0.29, 0.717) is 17.9 Å². The van der Waals surface area contributed by atoms with Gasteiger partial charge in [0.25, 0.3) is 0 Å². The number of aryl methyl sites for hydroxylation is 1. The van der Waals surface area contributed by atoms with Crippen LogP contribution in [0.4, 0.5) is 5.82 Å². The number of nitrogens with zero attached hydrogens (tertiary/aromatic N) is 2. The molecule has 2 atom stereocenters. The minimum absolute atomic E-state index is 0.173. The van der Waals surface area contributed by atoms with Gasteiger partial charge in [0.05, 0.1) is 12.1 Å². The molecule has 0 radical (unpaired) electrons. The number of aliphatic hydroxyl groups is 1. The van der Waals surface area contributed by atoms with Crippen molar-refractivity contribution in [2.24, 2.45) is 0 Å². The van der Waals surface area contributed by atoms with Gasteiger partial charge in [-0.1, -0.05) is 30.3 Å². The molecule has 100 valence electrons. The Kier molecular flexibility index (Phi) is 3.13. The summed E-state index contributed by atoms with van der Waals surface area (Å²) in [6, 6.07) is 13.6. The molecule has 1 aliphatic rings. The van der Waals surface area contributed by atoms with Crippen molar-refractivity contribution in [1.29, 1.82) is 5.26 Å². The molecule has 0 saturated carbocycles. The molecule has 2 aromatic rings. The highest BCUT2D eigenvalue weighted by atomic mass is 16.3. The molecule has 0 aliphatic heterocycles. The summed E-state index contributed by atoms with van der Waals surface area (Å²) < 4.78 is 0. The Morgan fingerprint density at radius 3 is 2.90 bits per heavy atom. The SMILES string of the molecule is Cc1ccc(N[C@H]2c3ccccc3C[C@H]2O)nc1C#N. The summed E-state index contributed by atoms with van der Waals surface area (Å²) in [6.45, 7) is 1.86. The quantitative estimate of drug-likeness (QED) is 0.874. The number of aromatic nitrogens is 1. The third-order valence-corrected chi connectivity index (χ3v) is 3.71. The topological polar surface area (TPSA) is 68.9 Å². The lowest BCUT2D eigenvalue weighted by Crippen LogP contribution is -2.21. The van der Waals surface area contributed by atoms with E-state index in [4.69, 9.17) is 5.26 Å². The van der Waals surface area contributed by atoms with Crippen LogP contribution in [-0.4, -0.2) is 16.2 Å². The van der Waals surface area contributed by atoms with E-state index in [1.807, 2.05) is 43.3 Å². The van der Waals surface area contributed by atoms with Gasteiger partial charge in [-0.3, -0.25) is 0 Å². The molecule has 4 nitrogen and oxygen atoms in total. The summed E-state index contributed by atoms with van der Waals surface area (Å²) in [6.07, 6.45) is 0.172. The predicted molar refractivity (Wildman–Crippen MR) is 76.2 cm³/mol. The van der Waals surface area contributed by atoms with Crippen LogP contribution in [-0.2, 0) is 6.42 Å². The number of hydrogen-bond acceptors (Lipinski definition) is 4. The Balaban J connectivity index is 1.90. The molecule has 0 amide bonds. The van der Waals surface area contributed by atoms with E-state index in [-0.39, 0.29) is 6.04 Å². The second kappa shape index (κ2) is 4.95. The molecule has 1 heterocycles. The van der Waals surface area contributed by atoms with Gasteiger partial charge in [-0.25, -0.2) is 4.98 Å². The Labute approximate surface area is 117 Å². The van der Waals surface area contributed by atoms with E-state index >= 15 is 0 Å². The molecule has 20 heavy (non-hydrogen) atoms. The van der Waals surface area contributed by atoms with Gasteiger partial charge in [-0.05, 0) is 29.7 Å². The van der Waals surface area contributed by atoms with Crippen LogP contribution < -0.4 is 5.32 Å². The number of rotatable bonds is 2. The lowest BCUT2D eigenvalue weighted by Gasteiger charge is -2.18. The molecule has 2 N–H and O–H groups in total. The third kappa shape index (κ3) is 2.13. The first kappa shape index (κ1) is 12.6. The summed E-state index contributed by atoms with van der Waals surface area (Å²) in [5, 5.41) is 22.5. The Bertz CT molecular complexity index is 690. The highest BCUT2D eigenvalue weighted by molar-refractivity contribution is 5.47. The Hall–Kier alpha value is -2.38. The van der Waals surface area contributed by atoms with Crippen molar-refractivity contribution in [3.05, 3.63) is 58.8 Å². The van der Waals surface area contributed by atoms with Crippen molar-refractivity contribution >= 4 is 5.82 Å². The molecular weight excluding hydrogens is 250 g/mol. The molecule has 1 aromatic heterocycles.